The largest absolute Gasteiger partial charge is 0.396 e. The smallest absolute Gasteiger partial charge is 0.0892 e. The second-order valence-corrected chi connectivity index (χ2v) is 20.6. The molecule has 286 valence electrons. The Bertz CT molecular complexity index is 841. The highest BCUT2D eigenvalue weighted by molar-refractivity contribution is 7.29. The molecule has 0 amide bonds. The molecule has 48 heavy (non-hydrogen) atoms. The van der Waals surface area contributed by atoms with Gasteiger partial charge in [-0.3, -0.25) is 9.34 Å². The summed E-state index contributed by atoms with van der Waals surface area (Å²) in [6.45, 7) is 29.8. The predicted molar refractivity (Wildman–Crippen MR) is 202 cm³/mol. The van der Waals surface area contributed by atoms with E-state index in [1.54, 1.807) is 14.2 Å². The Morgan fingerprint density at radius 1 is 0.583 bits per heavy atom. The van der Waals surface area contributed by atoms with Crippen molar-refractivity contribution in [2.75, 3.05) is 53.7 Å². The van der Waals surface area contributed by atoms with Crippen molar-refractivity contribution < 1.29 is 28.9 Å². The summed E-state index contributed by atoms with van der Waals surface area (Å²) >= 11 is 0. The van der Waals surface area contributed by atoms with E-state index in [1.807, 2.05) is 0 Å². The first-order chi connectivity index (χ1) is 22.1. The SMILES string of the molecule is CON1C(C)(C)CC(N(CCCCCCN(POCC(C)(C)CO)C2CC(C)(C)N(OC)C(C)(C)C2)POCC(C)(C)CO)CC1(C)C. The summed E-state index contributed by atoms with van der Waals surface area (Å²) in [5, 5.41) is 23.9. The van der Waals surface area contributed by atoms with E-state index in [4.69, 9.17) is 18.7 Å². The lowest BCUT2D eigenvalue weighted by atomic mass is 9.79. The van der Waals surface area contributed by atoms with Crippen LogP contribution in [0.5, 0.6) is 0 Å². The number of hydrogen-bond donors (Lipinski definition) is 2. The first-order valence-corrected chi connectivity index (χ1v) is 20.0. The number of piperidine rings is 2. The number of aliphatic hydroxyl groups is 2. The van der Waals surface area contributed by atoms with Crippen LogP contribution >= 0.6 is 17.9 Å². The molecule has 2 atom stereocenters. The van der Waals surface area contributed by atoms with Gasteiger partial charge in [0, 0.05) is 58.2 Å². The van der Waals surface area contributed by atoms with Gasteiger partial charge in [-0.2, -0.15) is 10.1 Å². The molecule has 0 aliphatic carbocycles. The predicted octanol–water partition coefficient (Wildman–Crippen LogP) is 7.40. The van der Waals surface area contributed by atoms with Gasteiger partial charge in [-0.1, -0.05) is 40.5 Å². The molecule has 0 aromatic rings. The second kappa shape index (κ2) is 18.5. The van der Waals surface area contributed by atoms with Crippen LogP contribution in [0.4, 0.5) is 0 Å². The Hall–Kier alpha value is 0.460. The lowest BCUT2D eigenvalue weighted by molar-refractivity contribution is -0.270. The van der Waals surface area contributed by atoms with Crippen molar-refractivity contribution in [1.29, 1.82) is 0 Å². The fourth-order valence-electron chi connectivity index (χ4n) is 8.09. The number of nitrogens with zero attached hydrogens (tertiary/aromatic N) is 4. The van der Waals surface area contributed by atoms with Crippen LogP contribution in [0, 0.1) is 10.8 Å². The average Bonchev–Trinajstić information content (AvgIpc) is 2.94. The molecular formula is C36H76N4O6P2. The van der Waals surface area contributed by atoms with Crippen LogP contribution < -0.4 is 0 Å². The molecule has 2 fully saturated rings. The average molecular weight is 723 g/mol. The molecule has 12 heteroatoms. The zero-order chi connectivity index (χ0) is 36.6. The zero-order valence-electron chi connectivity index (χ0n) is 33.4. The second-order valence-electron chi connectivity index (χ2n) is 18.5. The van der Waals surface area contributed by atoms with E-state index in [0.29, 0.717) is 25.3 Å². The normalized spacial score (nSPS) is 23.1. The summed E-state index contributed by atoms with van der Waals surface area (Å²) in [7, 11) is 4.13. The van der Waals surface area contributed by atoms with Gasteiger partial charge in [-0.05, 0) is 93.9 Å². The van der Waals surface area contributed by atoms with Crippen molar-refractivity contribution in [1.82, 2.24) is 19.5 Å². The molecule has 0 aromatic carbocycles. The van der Waals surface area contributed by atoms with Crippen LogP contribution in [0.1, 0.15) is 134 Å². The molecule has 0 spiro atoms. The van der Waals surface area contributed by atoms with E-state index in [-0.39, 0.29) is 64.1 Å². The highest BCUT2D eigenvalue weighted by Crippen LogP contribution is 2.45. The molecule has 2 aliphatic rings. The number of rotatable bonds is 21. The van der Waals surface area contributed by atoms with Gasteiger partial charge in [-0.15, -0.1) is 0 Å². The molecule has 2 unspecified atom stereocenters. The fraction of sp³-hybridized carbons (Fsp3) is 1.00. The number of aliphatic hydroxyl groups excluding tert-OH is 2. The summed E-state index contributed by atoms with van der Waals surface area (Å²) < 4.78 is 17.7. The van der Waals surface area contributed by atoms with Crippen molar-refractivity contribution in [3.8, 4) is 0 Å². The third kappa shape index (κ3) is 13.1. The first kappa shape index (κ1) is 44.6. The van der Waals surface area contributed by atoms with Gasteiger partial charge in [0.15, 0.2) is 0 Å². The molecule has 0 radical (unpaired) electrons. The monoisotopic (exact) mass is 723 g/mol. The third-order valence-corrected chi connectivity index (χ3v) is 12.3. The minimum Gasteiger partial charge on any atom is -0.396 e. The van der Waals surface area contributed by atoms with Gasteiger partial charge in [0.1, 0.15) is 0 Å². The molecule has 0 bridgehead atoms. The van der Waals surface area contributed by atoms with Crippen LogP contribution in [0.15, 0.2) is 0 Å². The Kier molecular flexibility index (Phi) is 17.2. The van der Waals surface area contributed by atoms with E-state index < -0.39 is 0 Å². The standard InChI is InChI=1S/C36H76N4O6P2/c1-31(2,25-41)27-45-47-37(29-21-33(5,6)39(43-13)34(7,8)22-29)19-17-15-16-18-20-38(48-46-28-32(3,4)26-42)30-23-35(9,10)40(44-14)36(11,12)24-30/h29-30,41-42,47-48H,15-28H2,1-14H3. The number of unbranched alkanes of at least 4 members (excludes halogenated alkanes) is 3. The molecule has 10 nitrogen and oxygen atoms in total. The van der Waals surface area contributed by atoms with Crippen LogP contribution in [-0.2, 0) is 18.7 Å². The summed E-state index contributed by atoms with van der Waals surface area (Å²) in [4.78, 5) is 11.8. The summed E-state index contributed by atoms with van der Waals surface area (Å²) in [6, 6.07) is 0.803. The van der Waals surface area contributed by atoms with Crippen molar-refractivity contribution in [2.24, 2.45) is 10.8 Å². The van der Waals surface area contributed by atoms with E-state index in [1.165, 1.54) is 12.8 Å². The maximum Gasteiger partial charge on any atom is 0.0892 e. The summed E-state index contributed by atoms with van der Waals surface area (Å²) in [6.07, 6.45) is 8.65. The van der Waals surface area contributed by atoms with E-state index >= 15 is 0 Å². The fourth-order valence-corrected chi connectivity index (χ4v) is 10.5. The van der Waals surface area contributed by atoms with Crippen LogP contribution in [-0.4, -0.2) is 118 Å². The van der Waals surface area contributed by atoms with Crippen molar-refractivity contribution in [2.45, 2.75) is 169 Å². The molecule has 0 saturated carbocycles. The van der Waals surface area contributed by atoms with Gasteiger partial charge in [0.25, 0.3) is 0 Å². The number of hydrogen-bond acceptors (Lipinski definition) is 10. The van der Waals surface area contributed by atoms with Crippen LogP contribution in [0.3, 0.4) is 0 Å². The summed E-state index contributed by atoms with van der Waals surface area (Å²) in [5.41, 5.74) is -0.841. The molecule has 2 rings (SSSR count). The van der Waals surface area contributed by atoms with Crippen molar-refractivity contribution >= 4 is 17.9 Å². The Morgan fingerprint density at radius 3 is 1.12 bits per heavy atom. The highest BCUT2D eigenvalue weighted by Gasteiger charge is 2.49. The van der Waals surface area contributed by atoms with Crippen LogP contribution in [0.2, 0.25) is 0 Å². The van der Waals surface area contributed by atoms with Gasteiger partial charge in [0.2, 0.25) is 0 Å². The van der Waals surface area contributed by atoms with Crippen molar-refractivity contribution in [3.63, 3.8) is 0 Å². The van der Waals surface area contributed by atoms with E-state index in [0.717, 1.165) is 51.6 Å². The third-order valence-electron chi connectivity index (χ3n) is 10.1. The minimum absolute atomic E-state index is 0.0878. The number of hydroxylamine groups is 4. The first-order valence-electron chi connectivity index (χ1n) is 18.3. The van der Waals surface area contributed by atoms with Gasteiger partial charge >= 0.3 is 0 Å². The Labute approximate surface area is 299 Å². The summed E-state index contributed by atoms with van der Waals surface area (Å²) in [5.74, 6) is 0. The van der Waals surface area contributed by atoms with Crippen molar-refractivity contribution in [3.05, 3.63) is 0 Å². The van der Waals surface area contributed by atoms with Gasteiger partial charge in [0.05, 0.1) is 58.6 Å². The Balaban J connectivity index is 2.04. The van der Waals surface area contributed by atoms with Crippen LogP contribution in [0.25, 0.3) is 0 Å². The van der Waals surface area contributed by atoms with Gasteiger partial charge in [-0.25, -0.2) is 0 Å². The maximum atomic E-state index is 9.78. The molecule has 0 aromatic heterocycles. The molecule has 2 aliphatic heterocycles. The Morgan fingerprint density at radius 2 is 0.875 bits per heavy atom. The molecule has 2 saturated heterocycles. The molecular weight excluding hydrogens is 646 g/mol. The van der Waals surface area contributed by atoms with E-state index in [9.17, 15) is 10.2 Å². The minimum atomic E-state index is -0.245. The lowest BCUT2D eigenvalue weighted by Gasteiger charge is -2.55. The quantitative estimate of drug-likeness (QED) is 0.0923. The molecule has 2 N–H and O–H groups in total. The van der Waals surface area contributed by atoms with Gasteiger partial charge < -0.3 is 28.9 Å². The maximum absolute atomic E-state index is 9.78. The highest BCUT2D eigenvalue weighted by atomic mass is 31.1. The lowest BCUT2D eigenvalue weighted by Crippen LogP contribution is -2.63. The zero-order valence-corrected chi connectivity index (χ0v) is 35.4. The topological polar surface area (TPSA) is 90.3 Å². The molecule has 2 heterocycles. The van der Waals surface area contributed by atoms with E-state index in [2.05, 4.69) is 103 Å².